The lowest BCUT2D eigenvalue weighted by molar-refractivity contribution is 1.11. The smallest absolute Gasteiger partial charge is 0.0186 e. The molecular formula is C9H11BrS. The van der Waals surface area contributed by atoms with Crippen LogP contribution >= 0.6 is 27.7 Å². The van der Waals surface area contributed by atoms with Gasteiger partial charge in [0.25, 0.3) is 0 Å². The van der Waals surface area contributed by atoms with Gasteiger partial charge in [-0.25, -0.2) is 0 Å². The van der Waals surface area contributed by atoms with Crippen LogP contribution in [0.4, 0.5) is 0 Å². The molecular weight excluding hydrogens is 220 g/mol. The number of benzene rings is 1. The summed E-state index contributed by atoms with van der Waals surface area (Å²) in [5, 5.41) is 0.657. The van der Waals surface area contributed by atoms with E-state index in [-0.39, 0.29) is 0 Å². The Balaban J connectivity index is 2.71. The molecule has 0 spiro atoms. The van der Waals surface area contributed by atoms with E-state index in [1.165, 1.54) is 4.90 Å². The molecule has 0 aromatic heterocycles. The molecule has 0 bridgehead atoms. The highest BCUT2D eigenvalue weighted by Gasteiger charge is 1.97. The zero-order valence-electron chi connectivity index (χ0n) is 6.67. The van der Waals surface area contributed by atoms with E-state index in [4.69, 9.17) is 0 Å². The molecule has 1 aromatic carbocycles. The fraction of sp³-hybridized carbons (Fsp3) is 0.333. The Morgan fingerprint density at radius 3 is 2.64 bits per heavy atom. The van der Waals surface area contributed by atoms with Crippen LogP contribution in [0.25, 0.3) is 0 Å². The summed E-state index contributed by atoms with van der Waals surface area (Å²) in [4.78, 5) is 1.33. The van der Waals surface area contributed by atoms with Crippen molar-refractivity contribution in [2.45, 2.75) is 24.0 Å². The summed E-state index contributed by atoms with van der Waals surface area (Å²) < 4.78 is 1.16. The maximum atomic E-state index is 3.44. The quantitative estimate of drug-likeness (QED) is 0.694. The average molecular weight is 231 g/mol. The van der Waals surface area contributed by atoms with E-state index in [1.54, 1.807) is 0 Å². The minimum Gasteiger partial charge on any atom is -0.123 e. The second kappa shape index (κ2) is 4.17. The number of thioether (sulfide) groups is 1. The zero-order chi connectivity index (χ0) is 8.27. The van der Waals surface area contributed by atoms with Gasteiger partial charge < -0.3 is 0 Å². The highest BCUT2D eigenvalue weighted by Crippen LogP contribution is 2.25. The standard InChI is InChI=1S/C9H11BrS/c1-7(2)11-9-5-3-4-8(10)6-9/h3-7H,1-2H3. The fourth-order valence-electron chi connectivity index (χ4n) is 0.812. The molecule has 60 valence electrons. The molecule has 0 unspecified atom stereocenters. The summed E-state index contributed by atoms with van der Waals surface area (Å²) in [5.41, 5.74) is 0. The van der Waals surface area contributed by atoms with E-state index < -0.39 is 0 Å². The van der Waals surface area contributed by atoms with Crippen molar-refractivity contribution in [3.63, 3.8) is 0 Å². The molecule has 0 saturated carbocycles. The molecule has 0 aliphatic heterocycles. The van der Waals surface area contributed by atoms with Crippen molar-refractivity contribution in [1.29, 1.82) is 0 Å². The first-order valence-electron chi connectivity index (χ1n) is 3.60. The summed E-state index contributed by atoms with van der Waals surface area (Å²) in [6.45, 7) is 4.40. The molecule has 0 amide bonds. The van der Waals surface area contributed by atoms with Gasteiger partial charge in [-0.1, -0.05) is 35.8 Å². The Morgan fingerprint density at radius 1 is 1.36 bits per heavy atom. The molecule has 0 saturated heterocycles. The third-order valence-corrected chi connectivity index (χ3v) is 2.66. The van der Waals surface area contributed by atoms with Crippen molar-refractivity contribution < 1.29 is 0 Å². The molecule has 0 heterocycles. The summed E-state index contributed by atoms with van der Waals surface area (Å²) in [5.74, 6) is 0. The monoisotopic (exact) mass is 230 g/mol. The lowest BCUT2D eigenvalue weighted by Crippen LogP contribution is -1.84. The summed E-state index contributed by atoms with van der Waals surface area (Å²) >= 11 is 5.32. The van der Waals surface area contributed by atoms with Crippen molar-refractivity contribution in [1.82, 2.24) is 0 Å². The zero-order valence-corrected chi connectivity index (χ0v) is 9.08. The van der Waals surface area contributed by atoms with Crippen LogP contribution in [-0.4, -0.2) is 5.25 Å². The maximum absolute atomic E-state index is 3.44. The third kappa shape index (κ3) is 3.30. The second-order valence-corrected chi connectivity index (χ2v) is 5.19. The lowest BCUT2D eigenvalue weighted by Gasteiger charge is -2.03. The van der Waals surface area contributed by atoms with E-state index in [2.05, 4.69) is 48.0 Å². The number of rotatable bonds is 2. The molecule has 0 atom stereocenters. The maximum Gasteiger partial charge on any atom is 0.0186 e. The molecule has 1 rings (SSSR count). The van der Waals surface area contributed by atoms with Gasteiger partial charge in [0, 0.05) is 14.6 Å². The van der Waals surface area contributed by atoms with Crippen molar-refractivity contribution in [3.8, 4) is 0 Å². The van der Waals surface area contributed by atoms with E-state index in [0.717, 1.165) is 4.47 Å². The summed E-state index contributed by atoms with van der Waals surface area (Å²) in [7, 11) is 0. The normalized spacial score (nSPS) is 10.5. The van der Waals surface area contributed by atoms with Crippen LogP contribution in [0.3, 0.4) is 0 Å². The Morgan fingerprint density at radius 2 is 2.09 bits per heavy atom. The number of halogens is 1. The highest BCUT2D eigenvalue weighted by atomic mass is 79.9. The van der Waals surface area contributed by atoms with Gasteiger partial charge in [0.15, 0.2) is 0 Å². The highest BCUT2D eigenvalue weighted by molar-refractivity contribution is 9.10. The van der Waals surface area contributed by atoms with Crippen molar-refractivity contribution in [2.75, 3.05) is 0 Å². The van der Waals surface area contributed by atoms with Crippen LogP contribution in [0, 0.1) is 0 Å². The van der Waals surface area contributed by atoms with Gasteiger partial charge in [-0.3, -0.25) is 0 Å². The topological polar surface area (TPSA) is 0 Å². The SMILES string of the molecule is CC(C)Sc1cccc(Br)c1. The van der Waals surface area contributed by atoms with Crippen molar-refractivity contribution in [2.24, 2.45) is 0 Å². The van der Waals surface area contributed by atoms with Crippen molar-refractivity contribution in [3.05, 3.63) is 28.7 Å². The largest absolute Gasteiger partial charge is 0.123 e. The predicted octanol–water partition coefficient (Wildman–Crippen LogP) is 3.95. The van der Waals surface area contributed by atoms with Crippen LogP contribution in [0.2, 0.25) is 0 Å². The van der Waals surface area contributed by atoms with Crippen LogP contribution in [-0.2, 0) is 0 Å². The number of hydrogen-bond donors (Lipinski definition) is 0. The Bertz CT molecular complexity index is 233. The molecule has 0 fully saturated rings. The number of hydrogen-bond acceptors (Lipinski definition) is 1. The van der Waals surface area contributed by atoms with Gasteiger partial charge in [-0.15, -0.1) is 11.8 Å². The Kier molecular flexibility index (Phi) is 3.46. The minimum absolute atomic E-state index is 0.657. The minimum atomic E-state index is 0.657. The van der Waals surface area contributed by atoms with Crippen molar-refractivity contribution >= 4 is 27.7 Å². The molecule has 11 heavy (non-hydrogen) atoms. The molecule has 0 radical (unpaired) electrons. The first-order valence-corrected chi connectivity index (χ1v) is 5.28. The molecule has 1 aromatic rings. The van der Waals surface area contributed by atoms with E-state index in [0.29, 0.717) is 5.25 Å². The van der Waals surface area contributed by atoms with Gasteiger partial charge >= 0.3 is 0 Å². The van der Waals surface area contributed by atoms with Crippen LogP contribution < -0.4 is 0 Å². The Hall–Kier alpha value is 0.0500. The van der Waals surface area contributed by atoms with Gasteiger partial charge in [0.05, 0.1) is 0 Å². The Labute approximate surface area is 80.5 Å². The van der Waals surface area contributed by atoms with Gasteiger partial charge in [-0.05, 0) is 18.2 Å². The van der Waals surface area contributed by atoms with E-state index in [9.17, 15) is 0 Å². The predicted molar refractivity (Wildman–Crippen MR) is 55.1 cm³/mol. The first kappa shape index (κ1) is 9.14. The van der Waals surface area contributed by atoms with Crippen LogP contribution in [0.5, 0.6) is 0 Å². The molecule has 0 aliphatic rings. The van der Waals surface area contributed by atoms with Gasteiger partial charge in [0.1, 0.15) is 0 Å². The van der Waals surface area contributed by atoms with Gasteiger partial charge in [0.2, 0.25) is 0 Å². The summed E-state index contributed by atoms with van der Waals surface area (Å²) in [6, 6.07) is 8.39. The lowest BCUT2D eigenvalue weighted by atomic mass is 10.4. The average Bonchev–Trinajstić information content (AvgIpc) is 1.85. The van der Waals surface area contributed by atoms with Crippen LogP contribution in [0.1, 0.15) is 13.8 Å². The van der Waals surface area contributed by atoms with E-state index >= 15 is 0 Å². The van der Waals surface area contributed by atoms with E-state index in [1.807, 2.05) is 17.8 Å². The van der Waals surface area contributed by atoms with Crippen LogP contribution in [0.15, 0.2) is 33.6 Å². The first-order chi connectivity index (χ1) is 5.18. The molecule has 0 N–H and O–H groups in total. The third-order valence-electron chi connectivity index (χ3n) is 1.17. The van der Waals surface area contributed by atoms with Gasteiger partial charge in [-0.2, -0.15) is 0 Å². The molecule has 0 aliphatic carbocycles. The fourth-order valence-corrected chi connectivity index (χ4v) is 2.26. The summed E-state index contributed by atoms with van der Waals surface area (Å²) in [6.07, 6.45) is 0. The second-order valence-electron chi connectivity index (χ2n) is 2.62. The molecule has 2 heteroatoms. The molecule has 0 nitrogen and oxygen atoms in total.